The Morgan fingerprint density at radius 1 is 1.31 bits per heavy atom. The van der Waals surface area contributed by atoms with Gasteiger partial charge < -0.3 is 5.73 Å². The number of aromatic nitrogens is 2. The zero-order valence-corrected chi connectivity index (χ0v) is 9.48. The molecule has 0 amide bonds. The van der Waals surface area contributed by atoms with Gasteiger partial charge in [0.05, 0.1) is 16.4 Å². The fourth-order valence-corrected chi connectivity index (χ4v) is 2.10. The monoisotopic (exact) mass is 233 g/mol. The van der Waals surface area contributed by atoms with Crippen molar-refractivity contribution >= 4 is 17.3 Å². The molecule has 1 aliphatic carbocycles. The third-order valence-electron chi connectivity index (χ3n) is 2.85. The van der Waals surface area contributed by atoms with Crippen LogP contribution in [0.4, 0.5) is 5.69 Å². The molecule has 1 saturated carbocycles. The molecule has 0 aliphatic heterocycles. The topological polar surface area (TPSA) is 43.8 Å². The minimum atomic E-state index is 0.630. The van der Waals surface area contributed by atoms with Crippen molar-refractivity contribution in [3.8, 4) is 5.69 Å². The largest absolute Gasteiger partial charge is 0.397 e. The molecule has 4 heteroatoms. The Labute approximate surface area is 98.8 Å². The molecule has 1 fully saturated rings. The Kier molecular flexibility index (Phi) is 2.14. The van der Waals surface area contributed by atoms with E-state index in [2.05, 4.69) is 5.10 Å². The lowest BCUT2D eigenvalue weighted by Gasteiger charge is -2.07. The summed E-state index contributed by atoms with van der Waals surface area (Å²) in [7, 11) is 0. The van der Waals surface area contributed by atoms with E-state index in [1.165, 1.54) is 12.8 Å². The van der Waals surface area contributed by atoms with Gasteiger partial charge in [-0.2, -0.15) is 5.10 Å². The van der Waals surface area contributed by atoms with Crippen molar-refractivity contribution in [1.82, 2.24) is 9.78 Å². The summed E-state index contributed by atoms with van der Waals surface area (Å²) in [6.45, 7) is 0. The lowest BCUT2D eigenvalue weighted by molar-refractivity contribution is 0.839. The molecule has 2 N–H and O–H groups in total. The molecule has 0 unspecified atom stereocenters. The molecule has 0 atom stereocenters. The van der Waals surface area contributed by atoms with E-state index < -0.39 is 0 Å². The van der Waals surface area contributed by atoms with Crippen LogP contribution in [0.25, 0.3) is 5.69 Å². The second-order valence-corrected chi connectivity index (χ2v) is 4.54. The van der Waals surface area contributed by atoms with E-state index >= 15 is 0 Å². The van der Waals surface area contributed by atoms with Crippen LogP contribution in [-0.2, 0) is 0 Å². The van der Waals surface area contributed by atoms with E-state index in [9.17, 15) is 0 Å². The van der Waals surface area contributed by atoms with Crippen molar-refractivity contribution < 1.29 is 0 Å². The average Bonchev–Trinajstić information content (AvgIpc) is 2.99. The van der Waals surface area contributed by atoms with Crippen LogP contribution < -0.4 is 5.73 Å². The first-order valence-corrected chi connectivity index (χ1v) is 5.73. The van der Waals surface area contributed by atoms with Gasteiger partial charge in [-0.25, -0.2) is 4.68 Å². The van der Waals surface area contributed by atoms with Crippen molar-refractivity contribution in [2.24, 2.45) is 0 Å². The van der Waals surface area contributed by atoms with Crippen LogP contribution in [-0.4, -0.2) is 9.78 Å². The number of nitrogens with two attached hydrogens (primary N) is 1. The molecule has 0 saturated heterocycles. The molecule has 1 heterocycles. The first-order valence-electron chi connectivity index (χ1n) is 5.35. The van der Waals surface area contributed by atoms with E-state index in [1.807, 2.05) is 30.5 Å². The Balaban J connectivity index is 2.06. The van der Waals surface area contributed by atoms with E-state index in [0.717, 1.165) is 11.4 Å². The number of anilines is 1. The Morgan fingerprint density at radius 3 is 2.81 bits per heavy atom. The highest BCUT2D eigenvalue weighted by atomic mass is 35.5. The van der Waals surface area contributed by atoms with E-state index in [-0.39, 0.29) is 0 Å². The van der Waals surface area contributed by atoms with Gasteiger partial charge in [-0.1, -0.05) is 17.7 Å². The summed E-state index contributed by atoms with van der Waals surface area (Å²) < 4.78 is 1.77. The molecule has 2 aromatic rings. The number of hydrogen-bond acceptors (Lipinski definition) is 2. The maximum Gasteiger partial charge on any atom is 0.106 e. The number of benzene rings is 1. The predicted molar refractivity (Wildman–Crippen MR) is 65.0 cm³/mol. The van der Waals surface area contributed by atoms with Crippen molar-refractivity contribution in [3.05, 3.63) is 41.2 Å². The third-order valence-corrected chi connectivity index (χ3v) is 3.16. The summed E-state index contributed by atoms with van der Waals surface area (Å²) in [4.78, 5) is 0. The van der Waals surface area contributed by atoms with Crippen LogP contribution in [0.15, 0.2) is 30.5 Å². The Bertz CT molecular complexity index is 509. The highest BCUT2D eigenvalue weighted by Gasteiger charge is 2.26. The molecule has 82 valence electrons. The first-order chi connectivity index (χ1) is 7.75. The Hall–Kier alpha value is -1.48. The number of para-hydroxylation sites is 1. The molecule has 1 aromatic heterocycles. The van der Waals surface area contributed by atoms with Gasteiger partial charge in [0.25, 0.3) is 0 Å². The molecule has 0 radical (unpaired) electrons. The zero-order chi connectivity index (χ0) is 11.1. The van der Waals surface area contributed by atoms with Crippen molar-refractivity contribution in [2.75, 3.05) is 5.73 Å². The number of rotatable bonds is 2. The van der Waals surface area contributed by atoms with Gasteiger partial charge in [-0.15, -0.1) is 0 Å². The normalized spacial score (nSPS) is 15.3. The molecular weight excluding hydrogens is 222 g/mol. The van der Waals surface area contributed by atoms with Crippen molar-refractivity contribution in [2.45, 2.75) is 18.8 Å². The molecule has 0 bridgehead atoms. The standard InChI is InChI=1S/C12H12ClN3/c13-9-2-1-3-10(14)12(9)16-7-6-11(15-16)8-4-5-8/h1-3,6-8H,4-5,14H2. The fraction of sp³-hybridized carbons (Fsp3) is 0.250. The molecule has 3 rings (SSSR count). The Morgan fingerprint density at radius 2 is 2.12 bits per heavy atom. The van der Waals surface area contributed by atoms with Gasteiger partial charge in [0.1, 0.15) is 5.69 Å². The minimum absolute atomic E-state index is 0.630. The summed E-state index contributed by atoms with van der Waals surface area (Å²) >= 11 is 6.13. The van der Waals surface area contributed by atoms with Crippen LogP contribution in [0, 0.1) is 0 Å². The average molecular weight is 234 g/mol. The highest BCUT2D eigenvalue weighted by molar-refractivity contribution is 6.32. The summed E-state index contributed by atoms with van der Waals surface area (Å²) in [6, 6.07) is 7.54. The summed E-state index contributed by atoms with van der Waals surface area (Å²) in [5.41, 5.74) is 8.47. The minimum Gasteiger partial charge on any atom is -0.397 e. The zero-order valence-electron chi connectivity index (χ0n) is 8.73. The second kappa shape index (κ2) is 3.52. The first kappa shape index (κ1) is 9.73. The lowest BCUT2D eigenvalue weighted by atomic mass is 10.3. The van der Waals surface area contributed by atoms with Gasteiger partial charge >= 0.3 is 0 Å². The smallest absolute Gasteiger partial charge is 0.106 e. The fourth-order valence-electron chi connectivity index (χ4n) is 1.83. The number of hydrogen-bond donors (Lipinski definition) is 1. The maximum atomic E-state index is 6.13. The lowest BCUT2D eigenvalue weighted by Crippen LogP contribution is -2.01. The highest BCUT2D eigenvalue weighted by Crippen LogP contribution is 2.39. The molecule has 3 nitrogen and oxygen atoms in total. The summed E-state index contributed by atoms with van der Waals surface area (Å²) in [5.74, 6) is 0.643. The SMILES string of the molecule is Nc1cccc(Cl)c1-n1ccc(C2CC2)n1. The molecule has 0 spiro atoms. The maximum absolute atomic E-state index is 6.13. The molecular formula is C12H12ClN3. The second-order valence-electron chi connectivity index (χ2n) is 4.14. The van der Waals surface area contributed by atoms with Gasteiger partial charge in [0, 0.05) is 12.1 Å². The van der Waals surface area contributed by atoms with Crippen molar-refractivity contribution in [1.29, 1.82) is 0 Å². The van der Waals surface area contributed by atoms with Gasteiger partial charge in [-0.05, 0) is 31.0 Å². The van der Waals surface area contributed by atoms with Gasteiger partial charge in [-0.3, -0.25) is 0 Å². The van der Waals surface area contributed by atoms with Crippen LogP contribution >= 0.6 is 11.6 Å². The molecule has 1 aliphatic rings. The molecule has 16 heavy (non-hydrogen) atoms. The molecule has 1 aromatic carbocycles. The number of nitrogens with zero attached hydrogens (tertiary/aromatic N) is 2. The van der Waals surface area contributed by atoms with E-state index in [1.54, 1.807) is 4.68 Å². The van der Waals surface area contributed by atoms with Gasteiger partial charge in [0.15, 0.2) is 0 Å². The van der Waals surface area contributed by atoms with Crippen molar-refractivity contribution in [3.63, 3.8) is 0 Å². The number of nitrogen functional groups attached to an aromatic ring is 1. The number of halogens is 1. The van der Waals surface area contributed by atoms with Crippen LogP contribution in [0.1, 0.15) is 24.5 Å². The van der Waals surface area contributed by atoms with E-state index in [0.29, 0.717) is 16.6 Å². The third kappa shape index (κ3) is 1.57. The quantitative estimate of drug-likeness (QED) is 0.811. The van der Waals surface area contributed by atoms with Crippen LogP contribution in [0.2, 0.25) is 5.02 Å². The predicted octanol–water partition coefficient (Wildman–Crippen LogP) is 2.99. The summed E-state index contributed by atoms with van der Waals surface area (Å²) in [6.07, 6.45) is 4.41. The van der Waals surface area contributed by atoms with Crippen LogP contribution in [0.5, 0.6) is 0 Å². The summed E-state index contributed by atoms with van der Waals surface area (Å²) in [5, 5.41) is 5.15. The van der Waals surface area contributed by atoms with Crippen LogP contribution in [0.3, 0.4) is 0 Å². The van der Waals surface area contributed by atoms with E-state index in [4.69, 9.17) is 17.3 Å². The van der Waals surface area contributed by atoms with Gasteiger partial charge in [0.2, 0.25) is 0 Å².